The van der Waals surface area contributed by atoms with Gasteiger partial charge in [-0.15, -0.1) is 0 Å². The smallest absolute Gasteiger partial charge is 0.143 e. The minimum atomic E-state index is 0.125. The van der Waals surface area contributed by atoms with Crippen molar-refractivity contribution in [1.29, 1.82) is 0 Å². The Morgan fingerprint density at radius 3 is 2.33 bits per heavy atom. The lowest BCUT2D eigenvalue weighted by Gasteiger charge is -2.08. The number of rotatable bonds is 4. The van der Waals surface area contributed by atoms with Crippen LogP contribution in [0.4, 0.5) is 0 Å². The van der Waals surface area contributed by atoms with E-state index < -0.39 is 0 Å². The summed E-state index contributed by atoms with van der Waals surface area (Å²) in [5.41, 5.74) is 3.26. The SMILES string of the molecule is COc1ccc(OC)c2c1c(CCO)c(C)n2C. The number of aryl methyl sites for hydroxylation is 1. The van der Waals surface area contributed by atoms with E-state index in [1.807, 2.05) is 26.1 Å². The van der Waals surface area contributed by atoms with Crippen LogP contribution in [-0.4, -0.2) is 30.5 Å². The van der Waals surface area contributed by atoms with E-state index in [0.717, 1.165) is 33.7 Å². The average Bonchev–Trinajstić information content (AvgIpc) is 2.64. The van der Waals surface area contributed by atoms with Crippen LogP contribution in [0, 0.1) is 6.92 Å². The fraction of sp³-hybridized carbons (Fsp3) is 0.429. The predicted octanol–water partition coefficient (Wildman–Crippen LogP) is 2.04. The van der Waals surface area contributed by atoms with Crippen molar-refractivity contribution in [3.8, 4) is 11.5 Å². The first kappa shape index (κ1) is 12.8. The number of aliphatic hydroxyl groups excluding tert-OH is 1. The summed E-state index contributed by atoms with van der Waals surface area (Å²) >= 11 is 0. The fourth-order valence-corrected chi connectivity index (χ4v) is 2.48. The number of nitrogens with zero attached hydrogens (tertiary/aromatic N) is 1. The van der Waals surface area contributed by atoms with Gasteiger partial charge >= 0.3 is 0 Å². The molecule has 2 rings (SSSR count). The largest absolute Gasteiger partial charge is 0.496 e. The molecule has 4 heteroatoms. The van der Waals surface area contributed by atoms with Gasteiger partial charge in [0.1, 0.15) is 11.5 Å². The third-order valence-corrected chi connectivity index (χ3v) is 3.48. The molecule has 0 amide bonds. The van der Waals surface area contributed by atoms with Crippen LogP contribution in [0.25, 0.3) is 10.9 Å². The van der Waals surface area contributed by atoms with Crippen molar-refractivity contribution < 1.29 is 14.6 Å². The quantitative estimate of drug-likeness (QED) is 0.901. The van der Waals surface area contributed by atoms with Crippen LogP contribution in [0.15, 0.2) is 12.1 Å². The molecule has 0 radical (unpaired) electrons. The molecule has 18 heavy (non-hydrogen) atoms. The lowest BCUT2D eigenvalue weighted by Crippen LogP contribution is -1.95. The van der Waals surface area contributed by atoms with Crippen molar-refractivity contribution >= 4 is 10.9 Å². The number of aliphatic hydroxyl groups is 1. The van der Waals surface area contributed by atoms with E-state index in [2.05, 4.69) is 4.57 Å². The number of fused-ring (bicyclic) bond motifs is 1. The Hall–Kier alpha value is -1.68. The monoisotopic (exact) mass is 249 g/mol. The Morgan fingerprint density at radius 1 is 1.17 bits per heavy atom. The average molecular weight is 249 g/mol. The first-order chi connectivity index (χ1) is 8.65. The summed E-state index contributed by atoms with van der Waals surface area (Å²) in [6, 6.07) is 3.81. The lowest BCUT2D eigenvalue weighted by atomic mass is 10.1. The molecule has 0 unspecified atom stereocenters. The first-order valence-corrected chi connectivity index (χ1v) is 5.95. The maximum Gasteiger partial charge on any atom is 0.143 e. The molecule has 1 aromatic heterocycles. The lowest BCUT2D eigenvalue weighted by molar-refractivity contribution is 0.299. The van der Waals surface area contributed by atoms with Gasteiger partial charge in [0.2, 0.25) is 0 Å². The molecule has 0 spiro atoms. The van der Waals surface area contributed by atoms with Crippen molar-refractivity contribution in [2.24, 2.45) is 7.05 Å². The molecule has 0 saturated carbocycles. The highest BCUT2D eigenvalue weighted by atomic mass is 16.5. The van der Waals surface area contributed by atoms with Gasteiger partial charge in [-0.2, -0.15) is 0 Å². The summed E-state index contributed by atoms with van der Waals surface area (Å²) in [4.78, 5) is 0. The van der Waals surface area contributed by atoms with Crippen molar-refractivity contribution in [3.63, 3.8) is 0 Å². The Bertz CT molecular complexity index is 572. The van der Waals surface area contributed by atoms with Gasteiger partial charge in [-0.05, 0) is 31.0 Å². The molecule has 0 bridgehead atoms. The van der Waals surface area contributed by atoms with Gasteiger partial charge in [0.15, 0.2) is 0 Å². The zero-order valence-electron chi connectivity index (χ0n) is 11.3. The van der Waals surface area contributed by atoms with Gasteiger partial charge in [-0.25, -0.2) is 0 Å². The van der Waals surface area contributed by atoms with E-state index in [4.69, 9.17) is 9.47 Å². The van der Waals surface area contributed by atoms with Crippen LogP contribution in [0.2, 0.25) is 0 Å². The highest BCUT2D eigenvalue weighted by Gasteiger charge is 2.18. The van der Waals surface area contributed by atoms with Gasteiger partial charge in [0.05, 0.1) is 19.7 Å². The molecule has 0 aliphatic carbocycles. The fourth-order valence-electron chi connectivity index (χ4n) is 2.48. The zero-order chi connectivity index (χ0) is 13.3. The van der Waals surface area contributed by atoms with Crippen molar-refractivity contribution in [2.75, 3.05) is 20.8 Å². The third-order valence-electron chi connectivity index (χ3n) is 3.48. The number of ether oxygens (including phenoxy) is 2. The number of aromatic nitrogens is 1. The predicted molar refractivity (Wildman–Crippen MR) is 71.5 cm³/mol. The minimum Gasteiger partial charge on any atom is -0.496 e. The van der Waals surface area contributed by atoms with E-state index in [-0.39, 0.29) is 6.61 Å². The highest BCUT2D eigenvalue weighted by Crippen LogP contribution is 2.38. The van der Waals surface area contributed by atoms with E-state index in [0.29, 0.717) is 6.42 Å². The Kier molecular flexibility index (Phi) is 3.48. The van der Waals surface area contributed by atoms with Gasteiger partial charge in [-0.1, -0.05) is 0 Å². The summed E-state index contributed by atoms with van der Waals surface area (Å²) < 4.78 is 12.9. The second-order valence-corrected chi connectivity index (χ2v) is 4.29. The van der Waals surface area contributed by atoms with Crippen LogP contribution in [0.5, 0.6) is 11.5 Å². The maximum atomic E-state index is 9.22. The van der Waals surface area contributed by atoms with Gasteiger partial charge in [-0.3, -0.25) is 0 Å². The van der Waals surface area contributed by atoms with E-state index in [9.17, 15) is 5.11 Å². The molecule has 0 atom stereocenters. The van der Waals surface area contributed by atoms with Crippen LogP contribution >= 0.6 is 0 Å². The third kappa shape index (κ3) is 1.73. The molecule has 0 fully saturated rings. The second-order valence-electron chi connectivity index (χ2n) is 4.29. The van der Waals surface area contributed by atoms with Crippen molar-refractivity contribution in [3.05, 3.63) is 23.4 Å². The number of hydrogen-bond acceptors (Lipinski definition) is 3. The number of benzene rings is 1. The van der Waals surface area contributed by atoms with Crippen LogP contribution in [0.1, 0.15) is 11.3 Å². The molecular formula is C14H19NO3. The molecule has 0 aliphatic heterocycles. The van der Waals surface area contributed by atoms with Crippen molar-refractivity contribution in [1.82, 2.24) is 4.57 Å². The van der Waals surface area contributed by atoms with Gasteiger partial charge in [0.25, 0.3) is 0 Å². The molecule has 2 aromatic rings. The van der Waals surface area contributed by atoms with Crippen LogP contribution in [-0.2, 0) is 13.5 Å². The summed E-state index contributed by atoms with van der Waals surface area (Å²) in [5, 5.41) is 10.3. The maximum absolute atomic E-state index is 9.22. The summed E-state index contributed by atoms with van der Waals surface area (Å²) in [7, 11) is 5.32. The Balaban J connectivity index is 2.87. The van der Waals surface area contributed by atoms with E-state index in [1.54, 1.807) is 14.2 Å². The molecular weight excluding hydrogens is 230 g/mol. The summed E-state index contributed by atoms with van der Waals surface area (Å²) in [5.74, 6) is 1.64. The molecule has 1 aromatic carbocycles. The molecule has 1 N–H and O–H groups in total. The molecule has 98 valence electrons. The Morgan fingerprint density at radius 2 is 1.78 bits per heavy atom. The van der Waals surface area contributed by atoms with Crippen LogP contribution < -0.4 is 9.47 Å². The molecule has 0 saturated heterocycles. The van der Waals surface area contributed by atoms with E-state index in [1.165, 1.54) is 0 Å². The molecule has 1 heterocycles. The van der Waals surface area contributed by atoms with E-state index >= 15 is 0 Å². The number of hydrogen-bond donors (Lipinski definition) is 1. The molecule has 0 aliphatic rings. The highest BCUT2D eigenvalue weighted by molar-refractivity contribution is 5.95. The normalized spacial score (nSPS) is 10.9. The summed E-state index contributed by atoms with van der Waals surface area (Å²) in [6.45, 7) is 2.17. The van der Waals surface area contributed by atoms with Crippen LogP contribution in [0.3, 0.4) is 0 Å². The van der Waals surface area contributed by atoms with Crippen molar-refractivity contribution in [2.45, 2.75) is 13.3 Å². The first-order valence-electron chi connectivity index (χ1n) is 5.95. The number of methoxy groups -OCH3 is 2. The Labute approximate surface area is 107 Å². The second kappa shape index (κ2) is 4.90. The summed E-state index contributed by atoms with van der Waals surface area (Å²) in [6.07, 6.45) is 0.618. The topological polar surface area (TPSA) is 43.6 Å². The van der Waals surface area contributed by atoms with Gasteiger partial charge in [0, 0.05) is 24.7 Å². The standard InChI is InChI=1S/C14H19NO3/c1-9-10(7-8-16)13-11(17-3)5-6-12(18-4)14(13)15(9)2/h5-6,16H,7-8H2,1-4H3. The minimum absolute atomic E-state index is 0.125. The molecule has 4 nitrogen and oxygen atoms in total. The van der Waals surface area contributed by atoms with Gasteiger partial charge < -0.3 is 19.1 Å². The zero-order valence-corrected chi connectivity index (χ0v) is 11.3.